The van der Waals surface area contributed by atoms with Gasteiger partial charge in [-0.25, -0.2) is 0 Å². The van der Waals surface area contributed by atoms with Crippen LogP contribution in [0.25, 0.3) is 11.5 Å². The van der Waals surface area contributed by atoms with Gasteiger partial charge in [0.1, 0.15) is 6.61 Å². The van der Waals surface area contributed by atoms with Gasteiger partial charge in [0.25, 0.3) is 0 Å². The van der Waals surface area contributed by atoms with E-state index in [-0.39, 0.29) is 0 Å². The SMILES string of the molecule is Cn1cccc1-c1nnc2n1CCOC2. The van der Waals surface area contributed by atoms with Gasteiger partial charge in [-0.2, -0.15) is 0 Å². The van der Waals surface area contributed by atoms with Crippen molar-refractivity contribution >= 4 is 0 Å². The second-order valence-corrected chi connectivity index (χ2v) is 3.65. The summed E-state index contributed by atoms with van der Waals surface area (Å²) in [4.78, 5) is 0. The van der Waals surface area contributed by atoms with Crippen LogP contribution in [0.2, 0.25) is 0 Å². The summed E-state index contributed by atoms with van der Waals surface area (Å²) in [6.07, 6.45) is 2.01. The molecule has 5 nitrogen and oxygen atoms in total. The summed E-state index contributed by atoms with van der Waals surface area (Å²) in [5.74, 6) is 1.85. The lowest BCUT2D eigenvalue weighted by atomic mass is 10.4. The molecule has 0 spiro atoms. The number of aryl methyl sites for hydroxylation is 1. The molecule has 0 saturated heterocycles. The minimum atomic E-state index is 0.567. The van der Waals surface area contributed by atoms with Crippen LogP contribution in [-0.4, -0.2) is 25.9 Å². The number of nitrogens with zero attached hydrogens (tertiary/aromatic N) is 4. The number of aromatic nitrogens is 4. The first-order valence-electron chi connectivity index (χ1n) is 4.98. The number of rotatable bonds is 1. The molecule has 0 aromatic carbocycles. The first-order chi connectivity index (χ1) is 7.36. The lowest BCUT2D eigenvalue weighted by molar-refractivity contribution is 0.0820. The Kier molecular flexibility index (Phi) is 1.85. The molecule has 0 bridgehead atoms. The van der Waals surface area contributed by atoms with Gasteiger partial charge in [-0.1, -0.05) is 0 Å². The zero-order chi connectivity index (χ0) is 10.3. The van der Waals surface area contributed by atoms with Crippen molar-refractivity contribution in [1.29, 1.82) is 0 Å². The predicted octanol–water partition coefficient (Wildman–Crippen LogP) is 0.814. The van der Waals surface area contributed by atoms with Crippen LogP contribution in [-0.2, 0) is 24.9 Å². The Morgan fingerprint density at radius 2 is 2.33 bits per heavy atom. The molecule has 1 aliphatic rings. The third kappa shape index (κ3) is 1.27. The van der Waals surface area contributed by atoms with E-state index in [0.717, 1.165) is 30.5 Å². The first-order valence-corrected chi connectivity index (χ1v) is 4.98. The molecule has 3 heterocycles. The highest BCUT2D eigenvalue weighted by molar-refractivity contribution is 5.50. The number of hydrogen-bond donors (Lipinski definition) is 0. The van der Waals surface area contributed by atoms with E-state index in [9.17, 15) is 0 Å². The summed E-state index contributed by atoms with van der Waals surface area (Å²) in [7, 11) is 2.01. The Balaban J connectivity index is 2.13. The van der Waals surface area contributed by atoms with Gasteiger partial charge in [-0.05, 0) is 12.1 Å². The maximum atomic E-state index is 5.33. The lowest BCUT2D eigenvalue weighted by Crippen LogP contribution is -2.17. The van der Waals surface area contributed by atoms with E-state index < -0.39 is 0 Å². The van der Waals surface area contributed by atoms with Crippen LogP contribution in [0, 0.1) is 0 Å². The maximum Gasteiger partial charge on any atom is 0.180 e. The van der Waals surface area contributed by atoms with E-state index in [1.54, 1.807) is 0 Å². The molecule has 0 aliphatic carbocycles. The molecule has 0 radical (unpaired) electrons. The standard InChI is InChI=1S/C10H12N4O/c1-13-4-2-3-8(13)10-12-11-9-7-15-6-5-14(9)10/h2-4H,5-7H2,1H3. The summed E-state index contributed by atoms with van der Waals surface area (Å²) in [6, 6.07) is 4.06. The smallest absolute Gasteiger partial charge is 0.180 e. The van der Waals surface area contributed by atoms with Crippen molar-refractivity contribution in [3.05, 3.63) is 24.2 Å². The third-order valence-corrected chi connectivity index (χ3v) is 2.69. The summed E-state index contributed by atoms with van der Waals surface area (Å²) in [5.41, 5.74) is 1.09. The molecule has 78 valence electrons. The van der Waals surface area contributed by atoms with Crippen molar-refractivity contribution in [2.75, 3.05) is 6.61 Å². The fourth-order valence-corrected chi connectivity index (χ4v) is 1.88. The van der Waals surface area contributed by atoms with E-state index >= 15 is 0 Å². The third-order valence-electron chi connectivity index (χ3n) is 2.69. The Hall–Kier alpha value is -1.62. The molecule has 0 unspecified atom stereocenters. The Labute approximate surface area is 87.3 Å². The van der Waals surface area contributed by atoms with Gasteiger partial charge < -0.3 is 13.9 Å². The van der Waals surface area contributed by atoms with Crippen molar-refractivity contribution in [3.8, 4) is 11.5 Å². The van der Waals surface area contributed by atoms with Crippen LogP contribution in [0.5, 0.6) is 0 Å². The normalized spacial score (nSPS) is 15.3. The van der Waals surface area contributed by atoms with Crippen LogP contribution in [0.3, 0.4) is 0 Å². The van der Waals surface area contributed by atoms with Crippen LogP contribution >= 0.6 is 0 Å². The Bertz CT molecular complexity index is 485. The monoisotopic (exact) mass is 204 g/mol. The van der Waals surface area contributed by atoms with Crippen molar-refractivity contribution in [2.24, 2.45) is 7.05 Å². The molecule has 0 saturated carbocycles. The van der Waals surface area contributed by atoms with E-state index in [4.69, 9.17) is 4.74 Å². The topological polar surface area (TPSA) is 44.9 Å². The van der Waals surface area contributed by atoms with Crippen LogP contribution < -0.4 is 0 Å². The first kappa shape index (κ1) is 8.67. The largest absolute Gasteiger partial charge is 0.372 e. The van der Waals surface area contributed by atoms with Gasteiger partial charge in [0.05, 0.1) is 12.3 Å². The quantitative estimate of drug-likeness (QED) is 0.690. The fraction of sp³-hybridized carbons (Fsp3) is 0.400. The van der Waals surface area contributed by atoms with Crippen LogP contribution in [0.4, 0.5) is 0 Å². The van der Waals surface area contributed by atoms with Crippen LogP contribution in [0.1, 0.15) is 5.82 Å². The van der Waals surface area contributed by atoms with Gasteiger partial charge >= 0.3 is 0 Å². The van der Waals surface area contributed by atoms with Gasteiger partial charge in [-0.15, -0.1) is 10.2 Å². The molecule has 0 atom stereocenters. The fourth-order valence-electron chi connectivity index (χ4n) is 1.88. The van der Waals surface area contributed by atoms with Crippen LogP contribution in [0.15, 0.2) is 18.3 Å². The maximum absolute atomic E-state index is 5.33. The number of fused-ring (bicyclic) bond motifs is 1. The highest BCUT2D eigenvalue weighted by atomic mass is 16.5. The van der Waals surface area contributed by atoms with Crippen molar-refractivity contribution < 1.29 is 4.74 Å². The minimum Gasteiger partial charge on any atom is -0.372 e. The van der Waals surface area contributed by atoms with Crippen molar-refractivity contribution in [3.63, 3.8) is 0 Å². The second kappa shape index (κ2) is 3.20. The molecule has 0 amide bonds. The second-order valence-electron chi connectivity index (χ2n) is 3.65. The highest BCUT2D eigenvalue weighted by Gasteiger charge is 2.18. The minimum absolute atomic E-state index is 0.567. The lowest BCUT2D eigenvalue weighted by Gasteiger charge is -2.15. The molecule has 0 fully saturated rings. The van der Waals surface area contributed by atoms with E-state index in [1.807, 2.05) is 29.9 Å². The zero-order valence-corrected chi connectivity index (χ0v) is 8.55. The summed E-state index contributed by atoms with van der Waals surface area (Å²) >= 11 is 0. The molecule has 15 heavy (non-hydrogen) atoms. The molecule has 0 N–H and O–H groups in total. The number of hydrogen-bond acceptors (Lipinski definition) is 3. The summed E-state index contributed by atoms with van der Waals surface area (Å²) in [5, 5.41) is 8.34. The Morgan fingerprint density at radius 1 is 1.40 bits per heavy atom. The van der Waals surface area contributed by atoms with Gasteiger partial charge in [-0.3, -0.25) is 0 Å². The molecule has 2 aromatic rings. The molecule has 3 rings (SSSR count). The summed E-state index contributed by atoms with van der Waals surface area (Å²) in [6.45, 7) is 2.14. The van der Waals surface area contributed by atoms with Gasteiger partial charge in [0.2, 0.25) is 0 Å². The molecule has 2 aromatic heterocycles. The summed E-state index contributed by atoms with van der Waals surface area (Å²) < 4.78 is 9.50. The average Bonchev–Trinajstić information content (AvgIpc) is 2.83. The van der Waals surface area contributed by atoms with Gasteiger partial charge in [0.15, 0.2) is 11.6 Å². The van der Waals surface area contributed by atoms with E-state index in [0.29, 0.717) is 6.61 Å². The Morgan fingerprint density at radius 3 is 3.13 bits per heavy atom. The number of ether oxygens (including phenoxy) is 1. The van der Waals surface area contributed by atoms with Gasteiger partial charge in [0, 0.05) is 19.8 Å². The van der Waals surface area contributed by atoms with Crippen molar-refractivity contribution in [1.82, 2.24) is 19.3 Å². The van der Waals surface area contributed by atoms with E-state index in [1.165, 1.54) is 0 Å². The zero-order valence-electron chi connectivity index (χ0n) is 8.55. The van der Waals surface area contributed by atoms with E-state index in [2.05, 4.69) is 14.8 Å². The molecular weight excluding hydrogens is 192 g/mol. The molecular formula is C10H12N4O. The molecule has 5 heteroatoms. The van der Waals surface area contributed by atoms with Crippen molar-refractivity contribution in [2.45, 2.75) is 13.2 Å². The average molecular weight is 204 g/mol. The highest BCUT2D eigenvalue weighted by Crippen LogP contribution is 2.20. The molecule has 1 aliphatic heterocycles. The predicted molar refractivity (Wildman–Crippen MR) is 54.1 cm³/mol.